The third-order valence-corrected chi connectivity index (χ3v) is 4.58. The Morgan fingerprint density at radius 2 is 2.14 bits per heavy atom. The summed E-state index contributed by atoms with van der Waals surface area (Å²) in [7, 11) is 0. The number of pyridine rings is 1. The van der Waals surface area contributed by atoms with Crippen LogP contribution in [0.1, 0.15) is 49.0 Å². The van der Waals surface area contributed by atoms with E-state index >= 15 is 0 Å². The second-order valence-corrected chi connectivity index (χ2v) is 6.71. The summed E-state index contributed by atoms with van der Waals surface area (Å²) in [5, 5.41) is 7.90. The topological polar surface area (TPSA) is 50.7 Å². The summed E-state index contributed by atoms with van der Waals surface area (Å²) >= 11 is 4.94. The molecule has 0 saturated heterocycles. The lowest BCUT2D eigenvalue weighted by molar-refractivity contribution is 0.526. The van der Waals surface area contributed by atoms with Crippen LogP contribution in [0.15, 0.2) is 22.8 Å². The molecule has 0 aliphatic carbocycles. The third kappa shape index (κ3) is 4.83. The van der Waals surface area contributed by atoms with Crippen molar-refractivity contribution < 1.29 is 0 Å². The van der Waals surface area contributed by atoms with E-state index in [0.29, 0.717) is 0 Å². The number of nitrogens with one attached hydrogen (secondary N) is 1. The minimum absolute atomic E-state index is 0.250. The minimum Gasteiger partial charge on any atom is -0.309 e. The average molecular weight is 369 g/mol. The highest BCUT2D eigenvalue weighted by molar-refractivity contribution is 9.10. The molecule has 0 bridgehead atoms. The Labute approximate surface area is 138 Å². The largest absolute Gasteiger partial charge is 0.309 e. The predicted octanol–water partition coefficient (Wildman–Crippen LogP) is 3.93. The van der Waals surface area contributed by atoms with Crippen molar-refractivity contribution in [2.45, 2.75) is 45.6 Å². The molecule has 2 aromatic heterocycles. The van der Waals surface area contributed by atoms with Crippen molar-refractivity contribution in [3.8, 4) is 0 Å². The Kier molecular flexibility index (Phi) is 6.73. The maximum atomic E-state index is 4.49. The Morgan fingerprint density at radius 1 is 1.29 bits per heavy atom. The quantitative estimate of drug-likeness (QED) is 0.766. The van der Waals surface area contributed by atoms with E-state index in [1.54, 1.807) is 0 Å². The molecule has 4 nitrogen and oxygen atoms in total. The van der Waals surface area contributed by atoms with Crippen molar-refractivity contribution in [2.24, 2.45) is 0 Å². The van der Waals surface area contributed by atoms with Crippen molar-refractivity contribution in [1.82, 2.24) is 19.9 Å². The van der Waals surface area contributed by atoms with Crippen LogP contribution in [-0.2, 0) is 12.8 Å². The fourth-order valence-electron chi connectivity index (χ4n) is 2.20. The van der Waals surface area contributed by atoms with E-state index in [2.05, 4.69) is 55.7 Å². The Balaban J connectivity index is 2.16. The molecule has 0 spiro atoms. The number of aryl methyl sites for hydroxylation is 1. The molecule has 1 atom stereocenters. The molecule has 0 aromatic carbocycles. The molecular formula is C15H21BrN4S. The molecule has 2 heterocycles. The van der Waals surface area contributed by atoms with Gasteiger partial charge in [0.2, 0.25) is 0 Å². The molecule has 21 heavy (non-hydrogen) atoms. The molecule has 2 aromatic rings. The van der Waals surface area contributed by atoms with Crippen LogP contribution in [0.5, 0.6) is 0 Å². The molecule has 0 amide bonds. The first-order chi connectivity index (χ1) is 10.2. The molecule has 114 valence electrons. The molecule has 2 rings (SSSR count). The van der Waals surface area contributed by atoms with Gasteiger partial charge in [0.25, 0.3) is 0 Å². The molecular weight excluding hydrogens is 348 g/mol. The Bertz CT molecular complexity index is 541. The van der Waals surface area contributed by atoms with Crippen LogP contribution in [0, 0.1) is 0 Å². The van der Waals surface area contributed by atoms with Crippen molar-refractivity contribution in [3.05, 3.63) is 39.1 Å². The van der Waals surface area contributed by atoms with Gasteiger partial charge in [-0.3, -0.25) is 4.98 Å². The van der Waals surface area contributed by atoms with Crippen LogP contribution in [0.3, 0.4) is 0 Å². The normalized spacial score (nSPS) is 12.5. The molecule has 0 fully saturated rings. The van der Waals surface area contributed by atoms with Crippen molar-refractivity contribution >= 4 is 27.5 Å². The maximum Gasteiger partial charge on any atom is 0.0803 e. The minimum atomic E-state index is 0.250. The molecule has 6 heteroatoms. The first-order valence-electron chi connectivity index (χ1n) is 7.39. The standard InChI is InChI=1S/C15H21BrN4S/c1-3-5-13-15(21-20-19-13)14(17-8-4-2)9-12-7-6-11(16)10-18-12/h6-7,10,14,17H,3-5,8-9H2,1-2H3. The zero-order chi connectivity index (χ0) is 15.1. The number of nitrogens with zero attached hydrogens (tertiary/aromatic N) is 3. The van der Waals surface area contributed by atoms with Gasteiger partial charge in [-0.05, 0) is 59.0 Å². The summed E-state index contributed by atoms with van der Waals surface area (Å²) in [5.41, 5.74) is 2.22. The van der Waals surface area contributed by atoms with Gasteiger partial charge >= 0.3 is 0 Å². The van der Waals surface area contributed by atoms with E-state index in [4.69, 9.17) is 0 Å². The molecule has 0 saturated carbocycles. The summed E-state index contributed by atoms with van der Waals surface area (Å²) in [5.74, 6) is 0. The van der Waals surface area contributed by atoms with Gasteiger partial charge in [0.05, 0.1) is 16.6 Å². The smallest absolute Gasteiger partial charge is 0.0803 e. The Hall–Kier alpha value is -0.850. The lowest BCUT2D eigenvalue weighted by atomic mass is 10.1. The van der Waals surface area contributed by atoms with Gasteiger partial charge in [-0.25, -0.2) is 0 Å². The molecule has 0 aliphatic heterocycles. The fourth-order valence-corrected chi connectivity index (χ4v) is 3.21. The molecule has 0 aliphatic rings. The fraction of sp³-hybridized carbons (Fsp3) is 0.533. The Morgan fingerprint density at radius 3 is 2.81 bits per heavy atom. The molecule has 0 radical (unpaired) electrons. The third-order valence-electron chi connectivity index (χ3n) is 3.23. The van der Waals surface area contributed by atoms with Gasteiger partial charge in [-0.15, -0.1) is 5.10 Å². The van der Waals surface area contributed by atoms with Gasteiger partial charge in [0.1, 0.15) is 0 Å². The highest BCUT2D eigenvalue weighted by atomic mass is 79.9. The highest BCUT2D eigenvalue weighted by Crippen LogP contribution is 2.25. The second-order valence-electron chi connectivity index (χ2n) is 5.01. The zero-order valence-electron chi connectivity index (χ0n) is 12.5. The van der Waals surface area contributed by atoms with Crippen LogP contribution in [-0.4, -0.2) is 21.1 Å². The summed E-state index contributed by atoms with van der Waals surface area (Å²) < 4.78 is 5.16. The van der Waals surface area contributed by atoms with Crippen LogP contribution >= 0.6 is 27.5 Å². The van der Waals surface area contributed by atoms with Crippen LogP contribution in [0.4, 0.5) is 0 Å². The van der Waals surface area contributed by atoms with Crippen LogP contribution in [0.2, 0.25) is 0 Å². The average Bonchev–Trinajstić information content (AvgIpc) is 2.94. The summed E-state index contributed by atoms with van der Waals surface area (Å²) in [6.45, 7) is 5.35. The number of hydrogen-bond donors (Lipinski definition) is 1. The first-order valence-corrected chi connectivity index (χ1v) is 8.96. The summed E-state index contributed by atoms with van der Waals surface area (Å²) in [6, 6.07) is 4.36. The lowest BCUT2D eigenvalue weighted by Crippen LogP contribution is -2.24. The van der Waals surface area contributed by atoms with Gasteiger partial charge in [0.15, 0.2) is 0 Å². The molecule has 1 N–H and O–H groups in total. The summed E-state index contributed by atoms with van der Waals surface area (Å²) in [6.07, 6.45) is 5.91. The maximum absolute atomic E-state index is 4.49. The van der Waals surface area contributed by atoms with E-state index in [1.165, 1.54) is 16.4 Å². The van der Waals surface area contributed by atoms with E-state index in [1.807, 2.05) is 12.3 Å². The zero-order valence-corrected chi connectivity index (χ0v) is 14.9. The van der Waals surface area contributed by atoms with Gasteiger partial charge in [0, 0.05) is 22.8 Å². The highest BCUT2D eigenvalue weighted by Gasteiger charge is 2.19. The number of hydrogen-bond acceptors (Lipinski definition) is 5. The van der Waals surface area contributed by atoms with Gasteiger partial charge in [-0.2, -0.15) is 0 Å². The van der Waals surface area contributed by atoms with E-state index < -0.39 is 0 Å². The van der Waals surface area contributed by atoms with Crippen LogP contribution < -0.4 is 5.32 Å². The van der Waals surface area contributed by atoms with E-state index in [9.17, 15) is 0 Å². The van der Waals surface area contributed by atoms with E-state index in [-0.39, 0.29) is 6.04 Å². The second kappa shape index (κ2) is 8.56. The monoisotopic (exact) mass is 368 g/mol. The van der Waals surface area contributed by atoms with Crippen molar-refractivity contribution in [3.63, 3.8) is 0 Å². The van der Waals surface area contributed by atoms with Gasteiger partial charge in [-0.1, -0.05) is 24.8 Å². The van der Waals surface area contributed by atoms with Crippen molar-refractivity contribution in [1.29, 1.82) is 0 Å². The number of halogens is 1. The number of aromatic nitrogens is 3. The van der Waals surface area contributed by atoms with Gasteiger partial charge < -0.3 is 5.32 Å². The SMILES string of the molecule is CCCNC(Cc1ccc(Br)cn1)c1snnc1CCC. The van der Waals surface area contributed by atoms with Crippen molar-refractivity contribution in [2.75, 3.05) is 6.54 Å². The van der Waals surface area contributed by atoms with E-state index in [0.717, 1.165) is 48.1 Å². The first kappa shape index (κ1) is 16.5. The molecule has 1 unspecified atom stereocenters. The number of rotatable bonds is 8. The van der Waals surface area contributed by atoms with Crippen LogP contribution in [0.25, 0.3) is 0 Å². The predicted molar refractivity (Wildman–Crippen MR) is 90.6 cm³/mol. The lowest BCUT2D eigenvalue weighted by Gasteiger charge is -2.17. The summed E-state index contributed by atoms with van der Waals surface area (Å²) in [4.78, 5) is 5.75.